The van der Waals surface area contributed by atoms with E-state index >= 15 is 0 Å². The zero-order valence-corrected chi connectivity index (χ0v) is 12.5. The summed E-state index contributed by atoms with van der Waals surface area (Å²) in [7, 11) is -3.65. The van der Waals surface area contributed by atoms with Crippen molar-refractivity contribution in [2.75, 3.05) is 11.9 Å². The summed E-state index contributed by atoms with van der Waals surface area (Å²) in [5, 5.41) is 18.7. The minimum absolute atomic E-state index is 0.0908. The molecule has 2 unspecified atom stereocenters. The van der Waals surface area contributed by atoms with Gasteiger partial charge in [0, 0.05) is 12.2 Å². The third-order valence-corrected chi connectivity index (χ3v) is 4.80. The van der Waals surface area contributed by atoms with Crippen molar-refractivity contribution in [2.45, 2.75) is 43.1 Å². The average molecular weight is 298 g/mol. The Morgan fingerprint density at radius 3 is 2.60 bits per heavy atom. The molecule has 0 amide bonds. The summed E-state index contributed by atoms with van der Waals surface area (Å²) < 4.78 is 22.3. The number of nitrogens with one attached hydrogen (secondary N) is 1. The van der Waals surface area contributed by atoms with Crippen LogP contribution >= 0.6 is 0 Å². The van der Waals surface area contributed by atoms with Crippen molar-refractivity contribution in [1.82, 2.24) is 0 Å². The van der Waals surface area contributed by atoms with Crippen LogP contribution in [0, 0.1) is 5.92 Å². The molecule has 20 heavy (non-hydrogen) atoms. The van der Waals surface area contributed by atoms with E-state index in [1.807, 2.05) is 0 Å². The van der Waals surface area contributed by atoms with E-state index in [2.05, 4.69) is 12.2 Å². The van der Waals surface area contributed by atoms with Gasteiger partial charge in [-0.15, -0.1) is 0 Å². The summed E-state index contributed by atoms with van der Waals surface area (Å²) in [5.41, 5.74) is 0.111. The molecule has 1 aliphatic carbocycles. The lowest BCUT2D eigenvalue weighted by Gasteiger charge is -2.35. The highest BCUT2D eigenvalue weighted by Crippen LogP contribution is 2.32. The van der Waals surface area contributed by atoms with Crippen LogP contribution in [0.5, 0.6) is 0 Å². The largest absolute Gasteiger partial charge is 0.388 e. The van der Waals surface area contributed by atoms with Crippen molar-refractivity contribution in [3.05, 3.63) is 24.3 Å². The molecule has 0 aromatic heterocycles. The second-order valence-electron chi connectivity index (χ2n) is 5.85. The quantitative estimate of drug-likeness (QED) is 0.788. The smallest absolute Gasteiger partial charge is 0.238 e. The van der Waals surface area contributed by atoms with E-state index in [9.17, 15) is 13.5 Å². The first-order valence-electron chi connectivity index (χ1n) is 6.88. The fourth-order valence-electron chi connectivity index (χ4n) is 2.82. The van der Waals surface area contributed by atoms with Gasteiger partial charge in [-0.2, -0.15) is 0 Å². The maximum Gasteiger partial charge on any atom is 0.238 e. The molecule has 0 spiro atoms. The second kappa shape index (κ2) is 5.71. The maximum absolute atomic E-state index is 11.2. The maximum atomic E-state index is 11.2. The summed E-state index contributed by atoms with van der Waals surface area (Å²) in [5.74, 6) is 0.542. The summed E-state index contributed by atoms with van der Waals surface area (Å²) in [4.78, 5) is 0.0908. The van der Waals surface area contributed by atoms with E-state index in [0.717, 1.165) is 24.9 Å². The normalized spacial score (nSPS) is 27.2. The van der Waals surface area contributed by atoms with Crippen molar-refractivity contribution in [1.29, 1.82) is 0 Å². The zero-order chi connectivity index (χ0) is 14.8. The molecule has 0 heterocycles. The summed E-state index contributed by atoms with van der Waals surface area (Å²) in [6.07, 6.45) is 3.82. The standard InChI is InChI=1S/C14H22N2O3S/c1-11-3-2-8-14(17,9-11)10-16-12-4-6-13(7-5-12)20(15,18)19/h4-7,11,16-17H,2-3,8-10H2,1H3,(H2,15,18,19). The average Bonchev–Trinajstić information content (AvgIpc) is 2.36. The third-order valence-electron chi connectivity index (χ3n) is 3.87. The predicted octanol–water partition coefficient (Wildman–Crippen LogP) is 1.69. The molecule has 1 aromatic rings. The summed E-state index contributed by atoms with van der Waals surface area (Å²) in [6, 6.07) is 6.25. The first kappa shape index (κ1) is 15.3. The van der Waals surface area contributed by atoms with E-state index < -0.39 is 15.6 Å². The molecular formula is C14H22N2O3S. The number of aliphatic hydroxyl groups is 1. The SMILES string of the molecule is CC1CCCC(O)(CNc2ccc(S(N)(=O)=O)cc2)C1. The molecule has 1 fully saturated rings. The number of sulfonamides is 1. The number of nitrogens with two attached hydrogens (primary N) is 1. The Labute approximate surface area is 120 Å². The first-order valence-corrected chi connectivity index (χ1v) is 8.42. The van der Waals surface area contributed by atoms with Crippen molar-refractivity contribution >= 4 is 15.7 Å². The van der Waals surface area contributed by atoms with Crippen LogP contribution in [-0.2, 0) is 10.0 Å². The van der Waals surface area contributed by atoms with Crippen molar-refractivity contribution in [3.63, 3.8) is 0 Å². The lowest BCUT2D eigenvalue weighted by atomic mass is 9.79. The van der Waals surface area contributed by atoms with E-state index in [0.29, 0.717) is 12.5 Å². The molecule has 1 aromatic carbocycles. The zero-order valence-electron chi connectivity index (χ0n) is 11.7. The lowest BCUT2D eigenvalue weighted by molar-refractivity contribution is -0.000763. The fourth-order valence-corrected chi connectivity index (χ4v) is 3.34. The van der Waals surface area contributed by atoms with Gasteiger partial charge in [-0.3, -0.25) is 0 Å². The Bertz CT molecular complexity index is 556. The Morgan fingerprint density at radius 2 is 2.05 bits per heavy atom. The monoisotopic (exact) mass is 298 g/mol. The molecule has 0 aliphatic heterocycles. The highest BCUT2D eigenvalue weighted by atomic mass is 32.2. The van der Waals surface area contributed by atoms with Crippen LogP contribution in [0.3, 0.4) is 0 Å². The number of benzene rings is 1. The Balaban J connectivity index is 1.97. The third kappa shape index (κ3) is 3.94. The Hall–Kier alpha value is -1.11. The lowest BCUT2D eigenvalue weighted by Crippen LogP contribution is -2.41. The molecular weight excluding hydrogens is 276 g/mol. The van der Waals surface area contributed by atoms with Gasteiger partial charge in [0.25, 0.3) is 0 Å². The van der Waals surface area contributed by atoms with Crippen LogP contribution in [-0.4, -0.2) is 25.7 Å². The van der Waals surface area contributed by atoms with Crippen LogP contribution in [0.1, 0.15) is 32.6 Å². The van der Waals surface area contributed by atoms with Crippen molar-refractivity contribution in [3.8, 4) is 0 Å². The first-order chi connectivity index (χ1) is 9.28. The van der Waals surface area contributed by atoms with Crippen LogP contribution in [0.25, 0.3) is 0 Å². The molecule has 1 aliphatic rings. The van der Waals surface area contributed by atoms with Gasteiger partial charge in [0.05, 0.1) is 10.5 Å². The van der Waals surface area contributed by atoms with Crippen LogP contribution < -0.4 is 10.5 Å². The number of rotatable bonds is 4. The van der Waals surface area contributed by atoms with Crippen LogP contribution in [0.4, 0.5) is 5.69 Å². The number of hydrogen-bond donors (Lipinski definition) is 3. The van der Waals surface area contributed by atoms with Gasteiger partial charge in [0.2, 0.25) is 10.0 Å². The van der Waals surface area contributed by atoms with Crippen molar-refractivity contribution in [2.24, 2.45) is 11.1 Å². The van der Waals surface area contributed by atoms with Crippen LogP contribution in [0.2, 0.25) is 0 Å². The number of primary sulfonamides is 1. The second-order valence-corrected chi connectivity index (χ2v) is 7.41. The van der Waals surface area contributed by atoms with E-state index in [1.165, 1.54) is 18.6 Å². The molecule has 4 N–H and O–H groups in total. The Morgan fingerprint density at radius 1 is 1.40 bits per heavy atom. The molecule has 6 heteroatoms. The molecule has 0 bridgehead atoms. The van der Waals surface area contributed by atoms with Crippen LogP contribution in [0.15, 0.2) is 29.2 Å². The molecule has 2 rings (SSSR count). The van der Waals surface area contributed by atoms with E-state index in [4.69, 9.17) is 5.14 Å². The van der Waals surface area contributed by atoms with Gasteiger partial charge >= 0.3 is 0 Å². The highest BCUT2D eigenvalue weighted by Gasteiger charge is 2.32. The van der Waals surface area contributed by atoms with Gasteiger partial charge in [-0.25, -0.2) is 13.6 Å². The minimum Gasteiger partial charge on any atom is -0.388 e. The molecule has 0 radical (unpaired) electrons. The predicted molar refractivity (Wildman–Crippen MR) is 78.9 cm³/mol. The van der Waals surface area contributed by atoms with E-state index in [1.54, 1.807) is 12.1 Å². The Kier molecular flexibility index (Phi) is 4.36. The van der Waals surface area contributed by atoms with Gasteiger partial charge in [0.15, 0.2) is 0 Å². The van der Waals surface area contributed by atoms with Gasteiger partial charge in [-0.1, -0.05) is 19.8 Å². The molecule has 2 atom stereocenters. The fraction of sp³-hybridized carbons (Fsp3) is 0.571. The summed E-state index contributed by atoms with van der Waals surface area (Å²) in [6.45, 7) is 2.64. The van der Waals surface area contributed by atoms with Gasteiger partial charge in [-0.05, 0) is 43.0 Å². The topological polar surface area (TPSA) is 92.4 Å². The number of anilines is 1. The van der Waals surface area contributed by atoms with Crippen molar-refractivity contribution < 1.29 is 13.5 Å². The molecule has 0 saturated heterocycles. The van der Waals surface area contributed by atoms with Gasteiger partial charge < -0.3 is 10.4 Å². The summed E-state index contributed by atoms with van der Waals surface area (Å²) >= 11 is 0. The van der Waals surface area contributed by atoms with E-state index in [-0.39, 0.29) is 4.90 Å². The minimum atomic E-state index is -3.65. The highest BCUT2D eigenvalue weighted by molar-refractivity contribution is 7.89. The molecule has 1 saturated carbocycles. The molecule has 112 valence electrons. The van der Waals surface area contributed by atoms with Gasteiger partial charge in [0.1, 0.15) is 0 Å². The molecule has 5 nitrogen and oxygen atoms in total. The number of hydrogen-bond acceptors (Lipinski definition) is 4.